The summed E-state index contributed by atoms with van der Waals surface area (Å²) >= 11 is 6.00. The van der Waals surface area contributed by atoms with Gasteiger partial charge in [-0.2, -0.15) is 0 Å². The van der Waals surface area contributed by atoms with Gasteiger partial charge in [0.2, 0.25) is 5.89 Å². The largest absolute Gasteiger partial charge is 0.497 e. The van der Waals surface area contributed by atoms with E-state index in [2.05, 4.69) is 22.4 Å². The number of carbonyl (C=O) groups excluding carboxylic acids is 1. The number of nitrogens with zero attached hydrogens (tertiary/aromatic N) is 3. The molecule has 1 N–H and O–H groups in total. The topological polar surface area (TPSA) is 82.2 Å². The van der Waals surface area contributed by atoms with E-state index in [1.54, 1.807) is 35.9 Å². The second-order valence-electron chi connectivity index (χ2n) is 7.55. The van der Waals surface area contributed by atoms with Gasteiger partial charge in [-0.1, -0.05) is 30.0 Å². The number of aromatic nitrogens is 3. The van der Waals surface area contributed by atoms with Crippen LogP contribution in [0.25, 0.3) is 10.9 Å². The Bertz CT molecular complexity index is 1240. The molecule has 0 aliphatic rings. The molecule has 0 amide bonds. The molecule has 0 saturated heterocycles. The Kier molecular flexibility index (Phi) is 6.46. The van der Waals surface area contributed by atoms with Crippen molar-refractivity contribution in [2.24, 2.45) is 0 Å². The maximum atomic E-state index is 13.4. The van der Waals surface area contributed by atoms with Gasteiger partial charge >= 0.3 is 6.01 Å². The fourth-order valence-electron chi connectivity index (χ4n) is 3.72. The third-order valence-corrected chi connectivity index (χ3v) is 5.69. The van der Waals surface area contributed by atoms with Crippen molar-refractivity contribution in [3.8, 4) is 5.75 Å². The zero-order chi connectivity index (χ0) is 22.7. The summed E-state index contributed by atoms with van der Waals surface area (Å²) in [5.74, 6) is 1.06. The molecule has 8 heteroatoms. The highest BCUT2D eigenvalue weighted by Gasteiger charge is 2.22. The van der Waals surface area contributed by atoms with E-state index >= 15 is 0 Å². The van der Waals surface area contributed by atoms with Crippen molar-refractivity contribution in [2.75, 3.05) is 19.0 Å². The van der Waals surface area contributed by atoms with E-state index in [0.29, 0.717) is 34.7 Å². The standard InChI is InChI=1S/C24H25ClN4O3/c1-4-5-12-26-24-28-27-22(32-24)14-19-15(2)29(21-11-10-18(31-3)13-20(19)21)23(30)16-6-8-17(25)9-7-16/h6-11,13H,4-5,12,14H2,1-3H3,(H,26,28). The zero-order valence-electron chi connectivity index (χ0n) is 18.3. The Morgan fingerprint density at radius 3 is 2.69 bits per heavy atom. The van der Waals surface area contributed by atoms with Crippen LogP contribution in [-0.2, 0) is 6.42 Å². The molecule has 32 heavy (non-hydrogen) atoms. The van der Waals surface area contributed by atoms with Crippen molar-refractivity contribution < 1.29 is 13.9 Å². The number of benzene rings is 2. The first-order chi connectivity index (χ1) is 15.5. The third kappa shape index (κ3) is 4.34. The number of anilines is 1. The number of fused-ring (bicyclic) bond motifs is 1. The van der Waals surface area contributed by atoms with Gasteiger partial charge in [-0.05, 0) is 61.4 Å². The molecule has 0 radical (unpaired) electrons. The van der Waals surface area contributed by atoms with E-state index in [0.717, 1.165) is 41.5 Å². The summed E-state index contributed by atoms with van der Waals surface area (Å²) in [6.07, 6.45) is 2.51. The van der Waals surface area contributed by atoms with Gasteiger partial charge in [-0.25, -0.2) is 0 Å². The van der Waals surface area contributed by atoms with Gasteiger partial charge in [0.05, 0.1) is 19.0 Å². The number of hydrogen-bond acceptors (Lipinski definition) is 6. The second-order valence-corrected chi connectivity index (χ2v) is 7.99. The monoisotopic (exact) mass is 452 g/mol. The van der Waals surface area contributed by atoms with Crippen LogP contribution in [0.3, 0.4) is 0 Å². The molecule has 4 aromatic rings. The Hall–Kier alpha value is -3.32. The minimum Gasteiger partial charge on any atom is -0.497 e. The molecule has 0 saturated carbocycles. The Labute approximate surface area is 191 Å². The van der Waals surface area contributed by atoms with Crippen molar-refractivity contribution in [3.05, 3.63) is 70.2 Å². The molecule has 0 atom stereocenters. The minimum atomic E-state index is -0.131. The van der Waals surface area contributed by atoms with Crippen LogP contribution in [0.1, 0.15) is 47.3 Å². The van der Waals surface area contributed by atoms with E-state index in [4.69, 9.17) is 20.8 Å². The molecular weight excluding hydrogens is 428 g/mol. The molecule has 4 rings (SSSR count). The van der Waals surface area contributed by atoms with E-state index in [-0.39, 0.29) is 5.91 Å². The lowest BCUT2D eigenvalue weighted by Gasteiger charge is -2.08. The number of hydrogen-bond donors (Lipinski definition) is 1. The third-order valence-electron chi connectivity index (χ3n) is 5.44. The fourth-order valence-corrected chi connectivity index (χ4v) is 3.84. The zero-order valence-corrected chi connectivity index (χ0v) is 19.1. The van der Waals surface area contributed by atoms with Crippen LogP contribution < -0.4 is 10.1 Å². The van der Waals surface area contributed by atoms with Crippen LogP contribution in [0.5, 0.6) is 5.75 Å². The second kappa shape index (κ2) is 9.44. The molecule has 0 unspecified atom stereocenters. The first-order valence-corrected chi connectivity index (χ1v) is 10.9. The van der Waals surface area contributed by atoms with Gasteiger partial charge < -0.3 is 14.5 Å². The van der Waals surface area contributed by atoms with Gasteiger partial charge in [-0.3, -0.25) is 9.36 Å². The number of rotatable bonds is 8. The van der Waals surface area contributed by atoms with Gasteiger partial charge in [0.1, 0.15) is 5.75 Å². The average molecular weight is 453 g/mol. The molecule has 7 nitrogen and oxygen atoms in total. The smallest absolute Gasteiger partial charge is 0.315 e. The van der Waals surface area contributed by atoms with Crippen molar-refractivity contribution in [1.82, 2.24) is 14.8 Å². The lowest BCUT2D eigenvalue weighted by molar-refractivity contribution is 0.0963. The Morgan fingerprint density at radius 1 is 1.19 bits per heavy atom. The van der Waals surface area contributed by atoms with E-state index in [1.165, 1.54) is 0 Å². The summed E-state index contributed by atoms with van der Waals surface area (Å²) in [5, 5.41) is 12.9. The first kappa shape index (κ1) is 21.9. The molecule has 0 fully saturated rings. The van der Waals surface area contributed by atoms with Crippen LogP contribution >= 0.6 is 11.6 Å². The molecule has 0 bridgehead atoms. The summed E-state index contributed by atoms with van der Waals surface area (Å²) in [7, 11) is 1.62. The Morgan fingerprint density at radius 2 is 1.97 bits per heavy atom. The molecule has 0 aliphatic heterocycles. The lowest BCUT2D eigenvalue weighted by atomic mass is 10.1. The molecule has 0 aliphatic carbocycles. The molecule has 2 aromatic carbocycles. The van der Waals surface area contributed by atoms with Gasteiger partial charge in [0, 0.05) is 28.2 Å². The number of ether oxygens (including phenoxy) is 1. The SMILES string of the molecule is CCCCNc1nnc(Cc2c(C)n(C(=O)c3ccc(Cl)cc3)c3ccc(OC)cc23)o1. The van der Waals surface area contributed by atoms with Crippen molar-refractivity contribution in [2.45, 2.75) is 33.1 Å². The lowest BCUT2D eigenvalue weighted by Crippen LogP contribution is -2.13. The van der Waals surface area contributed by atoms with Crippen LogP contribution in [0.2, 0.25) is 5.02 Å². The van der Waals surface area contributed by atoms with Gasteiger partial charge in [0.25, 0.3) is 5.91 Å². The normalized spacial score (nSPS) is 11.1. The summed E-state index contributed by atoms with van der Waals surface area (Å²) in [5.41, 5.74) is 3.09. The summed E-state index contributed by atoms with van der Waals surface area (Å²) in [6.45, 7) is 4.83. The summed E-state index contributed by atoms with van der Waals surface area (Å²) < 4.78 is 12.9. The maximum absolute atomic E-state index is 13.4. The number of methoxy groups -OCH3 is 1. The van der Waals surface area contributed by atoms with Crippen molar-refractivity contribution in [3.63, 3.8) is 0 Å². The first-order valence-electron chi connectivity index (χ1n) is 10.6. The van der Waals surface area contributed by atoms with E-state index < -0.39 is 0 Å². The quantitative estimate of drug-likeness (QED) is 0.356. The predicted octanol–water partition coefficient (Wildman–Crippen LogP) is 5.49. The molecule has 166 valence electrons. The Balaban J connectivity index is 1.74. The highest BCUT2D eigenvalue weighted by molar-refractivity contribution is 6.30. The fraction of sp³-hybridized carbons (Fsp3) is 0.292. The summed E-state index contributed by atoms with van der Waals surface area (Å²) in [4.78, 5) is 13.4. The molecular formula is C24H25ClN4O3. The van der Waals surface area contributed by atoms with Crippen molar-refractivity contribution in [1.29, 1.82) is 0 Å². The van der Waals surface area contributed by atoms with E-state index in [9.17, 15) is 4.79 Å². The molecule has 2 aromatic heterocycles. The highest BCUT2D eigenvalue weighted by atomic mass is 35.5. The van der Waals surface area contributed by atoms with Crippen LogP contribution in [0, 0.1) is 6.92 Å². The minimum absolute atomic E-state index is 0.131. The highest BCUT2D eigenvalue weighted by Crippen LogP contribution is 2.32. The van der Waals surface area contributed by atoms with Crippen LogP contribution in [-0.4, -0.2) is 34.3 Å². The van der Waals surface area contributed by atoms with Gasteiger partial charge in [0.15, 0.2) is 0 Å². The summed E-state index contributed by atoms with van der Waals surface area (Å²) in [6, 6.07) is 13.0. The molecule has 0 spiro atoms. The van der Waals surface area contributed by atoms with Gasteiger partial charge in [-0.15, -0.1) is 5.10 Å². The number of unbranched alkanes of at least 4 members (excludes halogenated alkanes) is 1. The van der Waals surface area contributed by atoms with Crippen LogP contribution in [0.15, 0.2) is 46.9 Å². The number of carbonyl (C=O) groups is 1. The number of halogens is 1. The maximum Gasteiger partial charge on any atom is 0.315 e. The molecule has 2 heterocycles. The van der Waals surface area contributed by atoms with Crippen molar-refractivity contribution >= 4 is 34.4 Å². The van der Waals surface area contributed by atoms with Crippen LogP contribution in [0.4, 0.5) is 6.01 Å². The average Bonchev–Trinajstić information content (AvgIpc) is 3.36. The van der Waals surface area contributed by atoms with E-state index in [1.807, 2.05) is 25.1 Å². The predicted molar refractivity (Wildman–Crippen MR) is 125 cm³/mol. The number of nitrogens with one attached hydrogen (secondary N) is 1.